The summed E-state index contributed by atoms with van der Waals surface area (Å²) in [6.07, 6.45) is -0.345. The lowest BCUT2D eigenvalue weighted by Crippen LogP contribution is -2.32. The lowest BCUT2D eigenvalue weighted by Gasteiger charge is -2.24. The number of benzene rings is 2. The Balaban J connectivity index is 1.95. The van der Waals surface area contributed by atoms with Gasteiger partial charge >= 0.3 is 6.18 Å². The molecule has 0 bridgehead atoms. The molecule has 0 atom stereocenters. The van der Waals surface area contributed by atoms with Crippen molar-refractivity contribution >= 4 is 9.84 Å². The molecule has 1 aliphatic carbocycles. The van der Waals surface area contributed by atoms with Gasteiger partial charge in [0.05, 0.1) is 10.5 Å². The van der Waals surface area contributed by atoms with Gasteiger partial charge < -0.3 is 5.73 Å². The summed E-state index contributed by atoms with van der Waals surface area (Å²) in [7, 11) is -4.29. The minimum absolute atomic E-state index is 0.170. The van der Waals surface area contributed by atoms with Gasteiger partial charge in [-0.05, 0) is 46.0 Å². The Hall–Kier alpha value is -2.79. The number of tetrazole rings is 1. The van der Waals surface area contributed by atoms with Crippen molar-refractivity contribution in [3.63, 3.8) is 0 Å². The summed E-state index contributed by atoms with van der Waals surface area (Å²) in [5, 5.41) is 12.9. The third kappa shape index (κ3) is 3.94. The number of nitrogens with two attached hydrogens (primary N) is 1. The van der Waals surface area contributed by atoms with Crippen LogP contribution in [-0.4, -0.2) is 35.3 Å². The van der Waals surface area contributed by atoms with E-state index in [1.54, 1.807) is 12.1 Å². The van der Waals surface area contributed by atoms with E-state index in [0.717, 1.165) is 43.6 Å². The van der Waals surface area contributed by atoms with Gasteiger partial charge in [0.25, 0.3) is 0 Å². The molecule has 4 rings (SSSR count). The summed E-state index contributed by atoms with van der Waals surface area (Å²) >= 11 is 0. The molecule has 0 radical (unpaired) electrons. The molecule has 7 nitrogen and oxygen atoms in total. The number of sulfone groups is 1. The predicted molar refractivity (Wildman–Crippen MR) is 107 cm³/mol. The molecule has 1 fully saturated rings. The van der Waals surface area contributed by atoms with E-state index >= 15 is 0 Å². The Morgan fingerprint density at radius 3 is 2.23 bits per heavy atom. The second kappa shape index (κ2) is 7.41. The first-order valence-electron chi connectivity index (χ1n) is 9.59. The van der Waals surface area contributed by atoms with E-state index < -0.39 is 32.0 Å². The third-order valence-corrected chi connectivity index (χ3v) is 6.85. The molecular weight excluding hydrogens is 431 g/mol. The number of halogens is 3. The minimum atomic E-state index is -4.88. The first-order valence-corrected chi connectivity index (χ1v) is 11.5. The molecule has 3 aromatic rings. The van der Waals surface area contributed by atoms with Crippen LogP contribution in [0.4, 0.5) is 13.2 Å². The van der Waals surface area contributed by atoms with Crippen molar-refractivity contribution in [2.45, 2.75) is 42.3 Å². The van der Waals surface area contributed by atoms with E-state index in [1.165, 1.54) is 6.07 Å². The molecule has 1 saturated carbocycles. The van der Waals surface area contributed by atoms with Gasteiger partial charge in [-0.1, -0.05) is 43.2 Å². The van der Waals surface area contributed by atoms with Crippen molar-refractivity contribution in [3.8, 4) is 22.5 Å². The molecule has 11 heteroatoms. The highest BCUT2D eigenvalue weighted by atomic mass is 32.2. The zero-order valence-electron chi connectivity index (χ0n) is 16.6. The van der Waals surface area contributed by atoms with E-state index in [-0.39, 0.29) is 17.0 Å². The van der Waals surface area contributed by atoms with Crippen LogP contribution in [0.15, 0.2) is 41.3 Å². The molecule has 164 valence electrons. The SMILES string of the molecule is CS(=O)(=O)c1c(C(F)(F)F)ccc(-c2ccc(C3(N)CCCC3)cc2)c1-c1nnn[nH]1. The number of rotatable bonds is 4. The molecule has 0 spiro atoms. The van der Waals surface area contributed by atoms with Gasteiger partial charge in [-0.25, -0.2) is 13.5 Å². The highest BCUT2D eigenvalue weighted by Gasteiger charge is 2.39. The van der Waals surface area contributed by atoms with Crippen molar-refractivity contribution in [2.75, 3.05) is 6.26 Å². The average molecular weight is 451 g/mol. The second-order valence-electron chi connectivity index (χ2n) is 7.83. The van der Waals surface area contributed by atoms with Gasteiger partial charge in [-0.15, -0.1) is 5.10 Å². The number of nitrogens with zero attached hydrogens (tertiary/aromatic N) is 3. The fraction of sp³-hybridized carbons (Fsp3) is 0.350. The zero-order chi connectivity index (χ0) is 22.4. The van der Waals surface area contributed by atoms with Crippen LogP contribution in [0.1, 0.15) is 36.8 Å². The summed E-state index contributed by atoms with van der Waals surface area (Å²) in [6.45, 7) is 0. The van der Waals surface area contributed by atoms with E-state index in [2.05, 4.69) is 20.6 Å². The highest BCUT2D eigenvalue weighted by molar-refractivity contribution is 7.91. The van der Waals surface area contributed by atoms with Crippen LogP contribution in [-0.2, 0) is 21.6 Å². The average Bonchev–Trinajstić information content (AvgIpc) is 3.38. The van der Waals surface area contributed by atoms with Crippen molar-refractivity contribution in [1.82, 2.24) is 20.6 Å². The van der Waals surface area contributed by atoms with E-state index in [0.29, 0.717) is 5.56 Å². The number of aromatic nitrogens is 4. The molecule has 2 aromatic carbocycles. The van der Waals surface area contributed by atoms with Crippen molar-refractivity contribution in [3.05, 3.63) is 47.5 Å². The monoisotopic (exact) mass is 451 g/mol. The summed E-state index contributed by atoms with van der Waals surface area (Å²) in [6, 6.07) is 9.13. The normalized spacial score (nSPS) is 16.5. The predicted octanol–water partition coefficient (Wildman–Crippen LogP) is 3.68. The number of nitrogens with one attached hydrogen (secondary N) is 1. The first-order chi connectivity index (χ1) is 14.5. The van der Waals surface area contributed by atoms with Crippen molar-refractivity contribution in [2.24, 2.45) is 5.73 Å². The smallest absolute Gasteiger partial charge is 0.321 e. The van der Waals surface area contributed by atoms with Crippen LogP contribution < -0.4 is 5.73 Å². The standard InChI is InChI=1S/C20H20F3N5O2S/c1-31(29,30)17-15(20(21,22)23)9-8-14(16(17)18-25-27-28-26-18)12-4-6-13(7-5-12)19(24)10-2-3-11-19/h4-9H,2-3,10-11,24H2,1H3,(H,25,26,27,28). The minimum Gasteiger partial charge on any atom is -0.321 e. The summed E-state index contributed by atoms with van der Waals surface area (Å²) in [5.74, 6) is -0.170. The molecule has 0 amide bonds. The molecule has 1 aliphatic rings. The Morgan fingerprint density at radius 2 is 1.71 bits per heavy atom. The topological polar surface area (TPSA) is 115 Å². The molecule has 1 heterocycles. The van der Waals surface area contributed by atoms with Crippen LogP contribution >= 0.6 is 0 Å². The third-order valence-electron chi connectivity index (χ3n) is 5.68. The molecule has 0 saturated heterocycles. The van der Waals surface area contributed by atoms with Crippen molar-refractivity contribution in [1.29, 1.82) is 0 Å². The van der Waals surface area contributed by atoms with Gasteiger partial charge in [-0.2, -0.15) is 13.2 Å². The van der Waals surface area contributed by atoms with Gasteiger partial charge in [0.1, 0.15) is 0 Å². The van der Waals surface area contributed by atoms with E-state index in [4.69, 9.17) is 5.73 Å². The largest absolute Gasteiger partial charge is 0.417 e. The summed E-state index contributed by atoms with van der Waals surface area (Å²) in [5.41, 5.74) is 6.29. The Bertz CT molecular complexity index is 1200. The van der Waals surface area contributed by atoms with Gasteiger partial charge in [0, 0.05) is 17.4 Å². The molecular formula is C20H20F3N5O2S. The molecule has 3 N–H and O–H groups in total. The Morgan fingerprint density at radius 1 is 1.06 bits per heavy atom. The van der Waals surface area contributed by atoms with Gasteiger partial charge in [0.2, 0.25) is 0 Å². The van der Waals surface area contributed by atoms with Gasteiger partial charge in [0.15, 0.2) is 15.7 Å². The van der Waals surface area contributed by atoms with E-state index in [9.17, 15) is 21.6 Å². The lowest BCUT2D eigenvalue weighted by atomic mass is 9.87. The maximum Gasteiger partial charge on any atom is 0.417 e. The van der Waals surface area contributed by atoms with Crippen LogP contribution in [0.3, 0.4) is 0 Å². The highest BCUT2D eigenvalue weighted by Crippen LogP contribution is 2.44. The fourth-order valence-corrected chi connectivity index (χ4v) is 5.37. The number of alkyl halides is 3. The van der Waals surface area contributed by atoms with Gasteiger partial charge in [-0.3, -0.25) is 0 Å². The van der Waals surface area contributed by atoms with Crippen LogP contribution in [0.2, 0.25) is 0 Å². The number of hydrogen-bond donors (Lipinski definition) is 2. The molecule has 1 aromatic heterocycles. The zero-order valence-corrected chi connectivity index (χ0v) is 17.4. The molecule has 31 heavy (non-hydrogen) atoms. The lowest BCUT2D eigenvalue weighted by molar-refractivity contribution is -0.139. The maximum atomic E-state index is 13.7. The first kappa shape index (κ1) is 21.4. The summed E-state index contributed by atoms with van der Waals surface area (Å²) < 4.78 is 65.9. The van der Waals surface area contributed by atoms with E-state index in [1.807, 2.05) is 12.1 Å². The van der Waals surface area contributed by atoms with Crippen LogP contribution in [0.5, 0.6) is 0 Å². The van der Waals surface area contributed by atoms with Crippen molar-refractivity contribution < 1.29 is 21.6 Å². The summed E-state index contributed by atoms with van der Waals surface area (Å²) in [4.78, 5) is -0.869. The Kier molecular flexibility index (Phi) is 5.13. The Labute approximate surface area is 176 Å². The van der Waals surface area contributed by atoms with Crippen LogP contribution in [0, 0.1) is 0 Å². The maximum absolute atomic E-state index is 13.7. The number of H-pyrrole nitrogens is 1. The second-order valence-corrected chi connectivity index (χ2v) is 9.78. The number of hydrogen-bond acceptors (Lipinski definition) is 6. The van der Waals surface area contributed by atoms with Crippen LogP contribution in [0.25, 0.3) is 22.5 Å². The molecule has 0 unspecified atom stereocenters. The fourth-order valence-electron chi connectivity index (χ4n) is 4.21. The molecule has 0 aliphatic heterocycles. The quantitative estimate of drug-likeness (QED) is 0.625. The number of aromatic amines is 1.